The molecule has 4 rings (SSSR count). The minimum atomic E-state index is 0.116. The Hall–Kier alpha value is -2.02. The Balaban J connectivity index is 1.26. The Morgan fingerprint density at radius 1 is 1.23 bits per heavy atom. The quantitative estimate of drug-likeness (QED) is 0.804. The lowest BCUT2D eigenvalue weighted by Crippen LogP contribution is -2.39. The van der Waals surface area contributed by atoms with Gasteiger partial charge in [-0.3, -0.25) is 4.79 Å². The fraction of sp³-hybridized carbons (Fsp3) is 0.579. The van der Waals surface area contributed by atoms with Crippen LogP contribution in [0.15, 0.2) is 17.9 Å². The molecule has 6 nitrogen and oxygen atoms in total. The summed E-state index contributed by atoms with van der Waals surface area (Å²) < 4.78 is 5.93. The highest BCUT2D eigenvalue weighted by Crippen LogP contribution is 2.35. The molecular formula is C19H24N4O2S. The lowest BCUT2D eigenvalue weighted by atomic mass is 9.83. The van der Waals surface area contributed by atoms with Gasteiger partial charge < -0.3 is 9.64 Å². The van der Waals surface area contributed by atoms with Gasteiger partial charge in [-0.15, -0.1) is 11.3 Å². The number of likely N-dealkylation sites (tertiary alicyclic amines) is 1. The fourth-order valence-corrected chi connectivity index (χ4v) is 4.29. The smallest absolute Gasteiger partial charge is 0.265 e. The van der Waals surface area contributed by atoms with Gasteiger partial charge in [-0.1, -0.05) is 6.42 Å². The van der Waals surface area contributed by atoms with Crippen molar-refractivity contribution in [3.8, 4) is 5.88 Å². The van der Waals surface area contributed by atoms with Gasteiger partial charge in [0.25, 0.3) is 5.91 Å². The molecule has 0 bridgehead atoms. The van der Waals surface area contributed by atoms with Crippen molar-refractivity contribution in [2.45, 2.75) is 44.9 Å². The Morgan fingerprint density at radius 3 is 2.69 bits per heavy atom. The normalized spacial score (nSPS) is 18.6. The van der Waals surface area contributed by atoms with E-state index >= 15 is 0 Å². The van der Waals surface area contributed by atoms with Crippen molar-refractivity contribution in [2.24, 2.45) is 5.92 Å². The van der Waals surface area contributed by atoms with Gasteiger partial charge in [0.1, 0.15) is 11.2 Å². The molecule has 1 saturated heterocycles. The SMILES string of the molecule is Cc1ncsc1C(=O)N1CCC(COc2cc(C3CCC3)ncn2)CC1. The number of thiazole rings is 1. The van der Waals surface area contributed by atoms with Crippen LogP contribution in [0, 0.1) is 12.8 Å². The maximum Gasteiger partial charge on any atom is 0.265 e. The zero-order valence-corrected chi connectivity index (χ0v) is 15.9. The topological polar surface area (TPSA) is 68.2 Å². The fourth-order valence-electron chi connectivity index (χ4n) is 3.52. The van der Waals surface area contributed by atoms with Gasteiger partial charge >= 0.3 is 0 Å². The summed E-state index contributed by atoms with van der Waals surface area (Å²) in [5.74, 6) is 1.85. The van der Waals surface area contributed by atoms with E-state index in [0.29, 0.717) is 24.3 Å². The van der Waals surface area contributed by atoms with Gasteiger partial charge in [0.15, 0.2) is 0 Å². The average Bonchev–Trinajstić information content (AvgIpc) is 3.05. The van der Waals surface area contributed by atoms with Crippen LogP contribution >= 0.6 is 11.3 Å². The minimum absolute atomic E-state index is 0.116. The molecule has 2 aromatic rings. The number of amides is 1. The number of carbonyl (C=O) groups excluding carboxylic acids is 1. The summed E-state index contributed by atoms with van der Waals surface area (Å²) in [7, 11) is 0. The molecule has 0 unspecified atom stereocenters. The van der Waals surface area contributed by atoms with Gasteiger partial charge in [0, 0.05) is 25.1 Å². The predicted octanol–water partition coefficient (Wildman–Crippen LogP) is 3.44. The van der Waals surface area contributed by atoms with Crippen molar-refractivity contribution < 1.29 is 9.53 Å². The van der Waals surface area contributed by atoms with E-state index in [0.717, 1.165) is 42.2 Å². The largest absolute Gasteiger partial charge is 0.477 e. The number of rotatable bonds is 5. The second kappa shape index (κ2) is 7.70. The second-order valence-electron chi connectivity index (χ2n) is 7.22. The summed E-state index contributed by atoms with van der Waals surface area (Å²) >= 11 is 1.43. The first-order valence-corrected chi connectivity index (χ1v) is 10.2. The summed E-state index contributed by atoms with van der Waals surface area (Å²) in [5, 5.41) is 0. The van der Waals surface area contributed by atoms with Crippen molar-refractivity contribution >= 4 is 17.2 Å². The molecule has 7 heteroatoms. The molecule has 2 aromatic heterocycles. The Kier molecular flexibility index (Phi) is 5.15. The molecule has 2 aliphatic rings. The molecule has 0 aromatic carbocycles. The number of carbonyl (C=O) groups is 1. The zero-order valence-electron chi connectivity index (χ0n) is 15.1. The molecule has 3 heterocycles. The van der Waals surface area contributed by atoms with Crippen LogP contribution in [0.2, 0.25) is 0 Å². The van der Waals surface area contributed by atoms with E-state index in [4.69, 9.17) is 4.74 Å². The van der Waals surface area contributed by atoms with Crippen molar-refractivity contribution in [3.63, 3.8) is 0 Å². The highest BCUT2D eigenvalue weighted by molar-refractivity contribution is 7.11. The van der Waals surface area contributed by atoms with Crippen molar-refractivity contribution in [1.82, 2.24) is 19.9 Å². The Morgan fingerprint density at radius 2 is 2.04 bits per heavy atom. The maximum atomic E-state index is 12.6. The number of nitrogens with zero attached hydrogens (tertiary/aromatic N) is 4. The van der Waals surface area contributed by atoms with Gasteiger partial charge in [0.05, 0.1) is 23.5 Å². The van der Waals surface area contributed by atoms with Crippen LogP contribution in [0.25, 0.3) is 0 Å². The summed E-state index contributed by atoms with van der Waals surface area (Å²) in [6.45, 7) is 4.11. The molecule has 0 spiro atoms. The summed E-state index contributed by atoms with van der Waals surface area (Å²) in [6, 6.07) is 2.00. The van der Waals surface area contributed by atoms with Gasteiger partial charge in [-0.2, -0.15) is 0 Å². The van der Waals surface area contributed by atoms with Crippen LogP contribution < -0.4 is 4.74 Å². The first kappa shape index (κ1) is 17.4. The van der Waals surface area contributed by atoms with Gasteiger partial charge in [0.2, 0.25) is 5.88 Å². The van der Waals surface area contributed by atoms with E-state index in [9.17, 15) is 4.79 Å². The number of hydrogen-bond donors (Lipinski definition) is 0. The molecule has 1 amide bonds. The van der Waals surface area contributed by atoms with E-state index in [1.54, 1.807) is 11.8 Å². The van der Waals surface area contributed by atoms with Crippen LogP contribution in [-0.2, 0) is 0 Å². The molecule has 1 saturated carbocycles. The number of aryl methyl sites for hydroxylation is 1. The highest BCUT2D eigenvalue weighted by Gasteiger charge is 2.26. The minimum Gasteiger partial charge on any atom is -0.477 e. The Labute approximate surface area is 157 Å². The number of ether oxygens (including phenoxy) is 1. The molecule has 1 aliphatic heterocycles. The first-order valence-electron chi connectivity index (χ1n) is 9.35. The molecular weight excluding hydrogens is 348 g/mol. The van der Waals surface area contributed by atoms with Crippen LogP contribution in [0.1, 0.15) is 59.1 Å². The number of hydrogen-bond acceptors (Lipinski definition) is 6. The van der Waals surface area contributed by atoms with Crippen LogP contribution in [-0.4, -0.2) is 45.5 Å². The van der Waals surface area contributed by atoms with Crippen LogP contribution in [0.3, 0.4) is 0 Å². The maximum absolute atomic E-state index is 12.6. The molecule has 0 N–H and O–H groups in total. The van der Waals surface area contributed by atoms with Crippen molar-refractivity contribution in [1.29, 1.82) is 0 Å². The van der Waals surface area contributed by atoms with E-state index < -0.39 is 0 Å². The number of piperidine rings is 1. The van der Waals surface area contributed by atoms with Gasteiger partial charge in [-0.05, 0) is 38.5 Å². The third kappa shape index (κ3) is 3.72. The van der Waals surface area contributed by atoms with E-state index in [-0.39, 0.29) is 5.91 Å². The molecule has 26 heavy (non-hydrogen) atoms. The third-order valence-corrected chi connectivity index (χ3v) is 6.41. The highest BCUT2D eigenvalue weighted by atomic mass is 32.1. The van der Waals surface area contributed by atoms with E-state index in [1.165, 1.54) is 30.6 Å². The molecule has 1 aliphatic carbocycles. The van der Waals surface area contributed by atoms with E-state index in [1.807, 2.05) is 17.9 Å². The summed E-state index contributed by atoms with van der Waals surface area (Å²) in [4.78, 5) is 28.1. The van der Waals surface area contributed by atoms with Crippen LogP contribution in [0.5, 0.6) is 5.88 Å². The summed E-state index contributed by atoms with van der Waals surface area (Å²) in [6.07, 6.45) is 7.28. The molecule has 138 valence electrons. The molecule has 0 radical (unpaired) electrons. The molecule has 0 atom stereocenters. The lowest BCUT2D eigenvalue weighted by Gasteiger charge is -2.31. The van der Waals surface area contributed by atoms with Crippen molar-refractivity contribution in [3.05, 3.63) is 34.2 Å². The average molecular weight is 372 g/mol. The summed E-state index contributed by atoms with van der Waals surface area (Å²) in [5.41, 5.74) is 3.68. The first-order chi connectivity index (χ1) is 12.7. The van der Waals surface area contributed by atoms with Gasteiger partial charge in [-0.25, -0.2) is 15.0 Å². The second-order valence-corrected chi connectivity index (χ2v) is 8.08. The van der Waals surface area contributed by atoms with E-state index in [2.05, 4.69) is 15.0 Å². The third-order valence-electron chi connectivity index (χ3n) is 5.50. The zero-order chi connectivity index (χ0) is 17.9. The standard InChI is InChI=1S/C19H24N4O2S/c1-13-18(26-12-22-13)19(24)23-7-5-14(6-8-23)10-25-17-9-16(20-11-21-17)15-3-2-4-15/h9,11-12,14-15H,2-8,10H2,1H3. The monoisotopic (exact) mass is 372 g/mol. The predicted molar refractivity (Wildman–Crippen MR) is 99.6 cm³/mol. The Bertz CT molecular complexity index is 766. The van der Waals surface area contributed by atoms with Crippen molar-refractivity contribution in [2.75, 3.05) is 19.7 Å². The van der Waals surface area contributed by atoms with Crippen LogP contribution in [0.4, 0.5) is 0 Å². The number of aromatic nitrogens is 3. The molecule has 2 fully saturated rings. The lowest BCUT2D eigenvalue weighted by molar-refractivity contribution is 0.0663.